The van der Waals surface area contributed by atoms with Crippen molar-refractivity contribution >= 4 is 11.6 Å². The molecule has 0 amide bonds. The predicted molar refractivity (Wildman–Crippen MR) is 134 cm³/mol. The molecule has 3 unspecified atom stereocenters. The maximum atomic E-state index is 13.9. The van der Waals surface area contributed by atoms with E-state index < -0.39 is 0 Å². The van der Waals surface area contributed by atoms with Crippen LogP contribution < -0.4 is 10.5 Å². The van der Waals surface area contributed by atoms with Crippen LogP contribution >= 0.6 is 0 Å². The Labute approximate surface area is 196 Å². The number of aromatic nitrogens is 2. The van der Waals surface area contributed by atoms with Crippen LogP contribution in [0.1, 0.15) is 49.9 Å². The Bertz CT molecular complexity index is 1160. The van der Waals surface area contributed by atoms with E-state index in [2.05, 4.69) is 60.0 Å². The van der Waals surface area contributed by atoms with Gasteiger partial charge in [0, 0.05) is 23.7 Å². The van der Waals surface area contributed by atoms with E-state index >= 15 is 0 Å². The van der Waals surface area contributed by atoms with Gasteiger partial charge in [0.15, 0.2) is 0 Å². The number of anilines is 2. The number of para-hydroxylation sites is 1. The smallest absolute Gasteiger partial charge is 0.259 e. The number of aryl methyl sites for hydroxylation is 1. The van der Waals surface area contributed by atoms with Crippen molar-refractivity contribution in [3.63, 3.8) is 0 Å². The second-order valence-electron chi connectivity index (χ2n) is 9.84. The molecule has 0 N–H and O–H groups in total. The normalized spacial score (nSPS) is 23.4. The van der Waals surface area contributed by atoms with Crippen LogP contribution in [0.3, 0.4) is 0 Å². The van der Waals surface area contributed by atoms with E-state index in [1.54, 1.807) is 0 Å². The molecule has 1 aromatic heterocycles. The molecular weight excluding hydrogens is 408 g/mol. The molecule has 5 nitrogen and oxygen atoms in total. The Morgan fingerprint density at radius 1 is 0.939 bits per heavy atom. The molecule has 1 aliphatic carbocycles. The van der Waals surface area contributed by atoms with Gasteiger partial charge in [0.05, 0.1) is 19.0 Å². The van der Waals surface area contributed by atoms with Crippen LogP contribution in [0.15, 0.2) is 65.5 Å². The van der Waals surface area contributed by atoms with Crippen molar-refractivity contribution in [1.82, 2.24) is 14.5 Å². The highest BCUT2D eigenvalue weighted by Gasteiger charge is 2.36. The van der Waals surface area contributed by atoms with E-state index in [1.807, 2.05) is 35.8 Å². The van der Waals surface area contributed by atoms with Crippen molar-refractivity contribution in [2.24, 2.45) is 11.8 Å². The Morgan fingerprint density at radius 3 is 2.36 bits per heavy atom. The molecule has 0 bridgehead atoms. The summed E-state index contributed by atoms with van der Waals surface area (Å²) in [5.41, 5.74) is 3.93. The lowest BCUT2D eigenvalue weighted by Crippen LogP contribution is -2.54. The molecule has 0 saturated heterocycles. The first-order chi connectivity index (χ1) is 16.0. The van der Waals surface area contributed by atoms with Gasteiger partial charge in [-0.15, -0.1) is 0 Å². The van der Waals surface area contributed by atoms with Crippen molar-refractivity contribution in [1.29, 1.82) is 0 Å². The Hall–Kier alpha value is -2.92. The first-order valence-corrected chi connectivity index (χ1v) is 12.2. The molecule has 172 valence electrons. The standard InChI is InChI=1S/C28H34N4O/c1-20-11-10-16-26(21(20)2)30-18-31(24-14-8-5-9-15-24)28-29-22(3)25(27(33)32(28)19-30)17-23-12-6-4-7-13-23/h4-9,12-15,20-21,26H,10-11,16-19H2,1-3H3. The zero-order valence-electron chi connectivity index (χ0n) is 19.9. The Morgan fingerprint density at radius 2 is 1.64 bits per heavy atom. The van der Waals surface area contributed by atoms with Gasteiger partial charge in [-0.25, -0.2) is 4.98 Å². The van der Waals surface area contributed by atoms with Gasteiger partial charge in [-0.2, -0.15) is 0 Å². The summed E-state index contributed by atoms with van der Waals surface area (Å²) in [6.07, 6.45) is 4.35. The Kier molecular flexibility index (Phi) is 6.07. The third kappa shape index (κ3) is 4.22. The average Bonchev–Trinajstić information content (AvgIpc) is 2.84. The first-order valence-electron chi connectivity index (χ1n) is 12.2. The predicted octanol–water partition coefficient (Wildman–Crippen LogP) is 5.34. The van der Waals surface area contributed by atoms with Gasteiger partial charge < -0.3 is 0 Å². The minimum Gasteiger partial charge on any atom is -0.298 e. The van der Waals surface area contributed by atoms with Gasteiger partial charge in [-0.3, -0.25) is 19.2 Å². The minimum absolute atomic E-state index is 0.0866. The second-order valence-corrected chi connectivity index (χ2v) is 9.84. The molecule has 2 aromatic carbocycles. The fourth-order valence-electron chi connectivity index (χ4n) is 5.58. The maximum absolute atomic E-state index is 13.9. The van der Waals surface area contributed by atoms with Gasteiger partial charge in [-0.05, 0) is 42.9 Å². The Balaban J connectivity index is 1.59. The van der Waals surface area contributed by atoms with E-state index in [4.69, 9.17) is 4.98 Å². The number of fused-ring (bicyclic) bond motifs is 1. The molecule has 1 saturated carbocycles. The molecule has 0 radical (unpaired) electrons. The summed E-state index contributed by atoms with van der Waals surface area (Å²) in [5, 5.41) is 0. The number of benzene rings is 2. The van der Waals surface area contributed by atoms with E-state index in [0.29, 0.717) is 31.0 Å². The molecule has 5 heteroatoms. The van der Waals surface area contributed by atoms with Crippen LogP contribution in [0.4, 0.5) is 11.6 Å². The van der Waals surface area contributed by atoms with Crippen molar-refractivity contribution in [2.45, 2.75) is 59.2 Å². The lowest BCUT2D eigenvalue weighted by Gasteiger charge is -2.46. The number of hydrogen-bond acceptors (Lipinski definition) is 4. The lowest BCUT2D eigenvalue weighted by molar-refractivity contribution is 0.0491. The molecule has 5 rings (SSSR count). The molecule has 2 heterocycles. The SMILES string of the molecule is Cc1nc2n(c(=O)c1Cc1ccccc1)CN(C1CCCC(C)C1C)CN2c1ccccc1. The van der Waals surface area contributed by atoms with Crippen LogP contribution in [0, 0.1) is 18.8 Å². The first kappa shape index (κ1) is 21.9. The van der Waals surface area contributed by atoms with Crippen molar-refractivity contribution in [3.05, 3.63) is 87.8 Å². The number of nitrogens with zero attached hydrogens (tertiary/aromatic N) is 4. The van der Waals surface area contributed by atoms with Crippen LogP contribution in [-0.4, -0.2) is 27.2 Å². The fraction of sp³-hybridized carbons (Fsp3) is 0.429. The number of rotatable bonds is 4. The summed E-state index contributed by atoms with van der Waals surface area (Å²) >= 11 is 0. The largest absolute Gasteiger partial charge is 0.298 e. The molecule has 1 aliphatic heterocycles. The summed E-state index contributed by atoms with van der Waals surface area (Å²) < 4.78 is 1.91. The highest BCUT2D eigenvalue weighted by atomic mass is 16.1. The highest BCUT2D eigenvalue weighted by molar-refractivity contribution is 5.58. The molecule has 2 aliphatic rings. The summed E-state index contributed by atoms with van der Waals surface area (Å²) in [6.45, 7) is 8.09. The van der Waals surface area contributed by atoms with Gasteiger partial charge in [0.25, 0.3) is 5.56 Å². The van der Waals surface area contributed by atoms with Crippen LogP contribution in [0.2, 0.25) is 0 Å². The third-order valence-corrected chi connectivity index (χ3v) is 7.76. The quantitative estimate of drug-likeness (QED) is 0.547. The van der Waals surface area contributed by atoms with Crippen molar-refractivity contribution in [2.75, 3.05) is 11.6 Å². The van der Waals surface area contributed by atoms with Crippen LogP contribution in [0.25, 0.3) is 0 Å². The zero-order valence-corrected chi connectivity index (χ0v) is 19.9. The van der Waals surface area contributed by atoms with Crippen molar-refractivity contribution < 1.29 is 0 Å². The maximum Gasteiger partial charge on any atom is 0.259 e. The zero-order chi connectivity index (χ0) is 22.9. The second kappa shape index (κ2) is 9.14. The van der Waals surface area contributed by atoms with Crippen molar-refractivity contribution in [3.8, 4) is 0 Å². The van der Waals surface area contributed by atoms with E-state index in [0.717, 1.165) is 35.1 Å². The summed E-state index contributed by atoms with van der Waals surface area (Å²) in [5.74, 6) is 2.07. The van der Waals surface area contributed by atoms with Gasteiger partial charge in [-0.1, -0.05) is 75.2 Å². The van der Waals surface area contributed by atoms with Gasteiger partial charge in [0.1, 0.15) is 0 Å². The summed E-state index contributed by atoms with van der Waals surface area (Å²) in [7, 11) is 0. The molecule has 0 spiro atoms. The fourth-order valence-corrected chi connectivity index (χ4v) is 5.58. The molecule has 33 heavy (non-hydrogen) atoms. The third-order valence-electron chi connectivity index (χ3n) is 7.76. The van der Waals surface area contributed by atoms with E-state index in [9.17, 15) is 4.79 Å². The summed E-state index contributed by atoms with van der Waals surface area (Å²) in [4.78, 5) is 23.6. The number of hydrogen-bond donors (Lipinski definition) is 0. The minimum atomic E-state index is 0.0866. The average molecular weight is 443 g/mol. The monoisotopic (exact) mass is 442 g/mol. The molecule has 3 atom stereocenters. The molecular formula is C28H34N4O. The van der Waals surface area contributed by atoms with Crippen LogP contribution in [-0.2, 0) is 13.1 Å². The van der Waals surface area contributed by atoms with E-state index in [1.165, 1.54) is 19.3 Å². The molecule has 1 fully saturated rings. The topological polar surface area (TPSA) is 41.4 Å². The summed E-state index contributed by atoms with van der Waals surface area (Å²) in [6, 6.07) is 21.1. The van der Waals surface area contributed by atoms with Crippen LogP contribution in [0.5, 0.6) is 0 Å². The van der Waals surface area contributed by atoms with E-state index in [-0.39, 0.29) is 5.56 Å². The lowest BCUT2D eigenvalue weighted by atomic mass is 9.77. The molecule has 3 aromatic rings. The van der Waals surface area contributed by atoms with Gasteiger partial charge >= 0.3 is 0 Å². The van der Waals surface area contributed by atoms with Gasteiger partial charge in [0.2, 0.25) is 5.95 Å². The highest BCUT2D eigenvalue weighted by Crippen LogP contribution is 2.36.